The third-order valence-electron chi connectivity index (χ3n) is 3.97. The van der Waals surface area contributed by atoms with Gasteiger partial charge in [-0.25, -0.2) is 4.79 Å². The summed E-state index contributed by atoms with van der Waals surface area (Å²) in [6.07, 6.45) is -0.786. The van der Waals surface area contributed by atoms with Gasteiger partial charge < -0.3 is 10.1 Å². The fourth-order valence-electron chi connectivity index (χ4n) is 2.58. The molecule has 0 heterocycles. The lowest BCUT2D eigenvalue weighted by Gasteiger charge is -2.19. The lowest BCUT2D eigenvalue weighted by atomic mass is 10.1. The average molecular weight is 383 g/mol. The Kier molecular flexibility index (Phi) is 8.17. The van der Waals surface area contributed by atoms with E-state index in [1.165, 1.54) is 0 Å². The summed E-state index contributed by atoms with van der Waals surface area (Å²) in [7, 11) is 0. The molecule has 7 heteroatoms. The summed E-state index contributed by atoms with van der Waals surface area (Å²) in [5, 5.41) is 4.93. The van der Waals surface area contributed by atoms with Crippen LogP contribution in [0.1, 0.15) is 13.8 Å². The predicted octanol–water partition coefficient (Wildman–Crippen LogP) is 2.89. The first kappa shape index (κ1) is 21.1. The van der Waals surface area contributed by atoms with Gasteiger partial charge in [-0.05, 0) is 36.7 Å². The molecule has 0 aromatic heterocycles. The van der Waals surface area contributed by atoms with E-state index in [1.807, 2.05) is 61.5 Å². The molecule has 0 radical (unpaired) electrons. The van der Waals surface area contributed by atoms with Crippen LogP contribution in [0.2, 0.25) is 0 Å². The van der Waals surface area contributed by atoms with Crippen molar-refractivity contribution in [2.75, 3.05) is 31.6 Å². The maximum absolute atomic E-state index is 12.3. The zero-order chi connectivity index (χ0) is 20.4. The van der Waals surface area contributed by atoms with Crippen LogP contribution in [0.25, 0.3) is 11.1 Å². The van der Waals surface area contributed by atoms with Crippen LogP contribution >= 0.6 is 0 Å². The van der Waals surface area contributed by atoms with Gasteiger partial charge in [-0.15, -0.1) is 0 Å². The zero-order valence-corrected chi connectivity index (χ0v) is 16.1. The van der Waals surface area contributed by atoms with Crippen LogP contribution in [0.4, 0.5) is 10.5 Å². The molecule has 28 heavy (non-hydrogen) atoms. The molecule has 0 fully saturated rings. The van der Waals surface area contributed by atoms with E-state index < -0.39 is 12.0 Å². The van der Waals surface area contributed by atoms with E-state index in [-0.39, 0.29) is 25.6 Å². The molecule has 2 rings (SSSR count). The number of alkyl carbamates (subject to hydrolysis) is 1. The Morgan fingerprint density at radius 1 is 0.857 bits per heavy atom. The SMILES string of the molecule is CCOC(=O)NC(=O)CN(CC)CC(=O)Nc1ccc(-c2ccccc2)cc1. The van der Waals surface area contributed by atoms with Crippen molar-refractivity contribution < 1.29 is 19.1 Å². The number of nitrogens with zero attached hydrogens (tertiary/aromatic N) is 1. The fourth-order valence-corrected chi connectivity index (χ4v) is 2.58. The number of amides is 3. The monoisotopic (exact) mass is 383 g/mol. The van der Waals surface area contributed by atoms with Crippen LogP contribution in [0.3, 0.4) is 0 Å². The Morgan fingerprint density at radius 2 is 1.46 bits per heavy atom. The molecule has 3 amide bonds. The Bertz CT molecular complexity index is 791. The Morgan fingerprint density at radius 3 is 2.07 bits per heavy atom. The van der Waals surface area contributed by atoms with Crippen molar-refractivity contribution in [2.45, 2.75) is 13.8 Å². The minimum Gasteiger partial charge on any atom is -0.450 e. The number of nitrogens with one attached hydrogen (secondary N) is 2. The summed E-state index contributed by atoms with van der Waals surface area (Å²) in [6.45, 7) is 4.11. The van der Waals surface area contributed by atoms with E-state index in [2.05, 4.69) is 15.4 Å². The van der Waals surface area contributed by atoms with Crippen LogP contribution in [0, 0.1) is 0 Å². The molecule has 0 atom stereocenters. The number of imide groups is 1. The molecule has 148 valence electrons. The average Bonchev–Trinajstić information content (AvgIpc) is 2.68. The van der Waals surface area contributed by atoms with Gasteiger partial charge in [-0.1, -0.05) is 49.4 Å². The smallest absolute Gasteiger partial charge is 0.413 e. The molecular formula is C21H25N3O4. The normalized spacial score (nSPS) is 10.4. The summed E-state index contributed by atoms with van der Waals surface area (Å²) in [4.78, 5) is 37.0. The largest absolute Gasteiger partial charge is 0.450 e. The number of carbonyl (C=O) groups excluding carboxylic acids is 3. The Hall–Kier alpha value is -3.19. The number of carbonyl (C=O) groups is 3. The summed E-state index contributed by atoms with van der Waals surface area (Å²) < 4.78 is 4.66. The first-order valence-electron chi connectivity index (χ1n) is 9.16. The van der Waals surface area contributed by atoms with Crippen molar-refractivity contribution in [2.24, 2.45) is 0 Å². The summed E-state index contributed by atoms with van der Waals surface area (Å²) >= 11 is 0. The number of hydrogen-bond donors (Lipinski definition) is 2. The van der Waals surface area contributed by atoms with Crippen LogP contribution in [0.5, 0.6) is 0 Å². The molecule has 2 aromatic rings. The highest BCUT2D eigenvalue weighted by atomic mass is 16.5. The number of hydrogen-bond acceptors (Lipinski definition) is 5. The van der Waals surface area contributed by atoms with Crippen LogP contribution < -0.4 is 10.6 Å². The molecule has 2 N–H and O–H groups in total. The van der Waals surface area contributed by atoms with Crippen molar-refractivity contribution in [1.29, 1.82) is 0 Å². The molecule has 0 aliphatic rings. The molecule has 0 saturated carbocycles. The van der Waals surface area contributed by atoms with Crippen molar-refractivity contribution in [3.8, 4) is 11.1 Å². The molecule has 0 aliphatic carbocycles. The maximum Gasteiger partial charge on any atom is 0.413 e. The van der Waals surface area contributed by atoms with Gasteiger partial charge in [0.25, 0.3) is 0 Å². The number of ether oxygens (including phenoxy) is 1. The highest BCUT2D eigenvalue weighted by molar-refractivity contribution is 5.94. The van der Waals surface area contributed by atoms with Gasteiger partial charge in [0.2, 0.25) is 11.8 Å². The summed E-state index contributed by atoms with van der Waals surface area (Å²) in [5.74, 6) is -0.751. The second kappa shape index (κ2) is 10.8. The quantitative estimate of drug-likeness (QED) is 0.732. The number of anilines is 1. The fraction of sp³-hybridized carbons (Fsp3) is 0.286. The first-order chi connectivity index (χ1) is 13.5. The Labute approximate surface area is 164 Å². The third kappa shape index (κ3) is 6.85. The molecule has 0 bridgehead atoms. The second-order valence-electron chi connectivity index (χ2n) is 6.06. The molecule has 2 aromatic carbocycles. The second-order valence-corrected chi connectivity index (χ2v) is 6.06. The Balaban J connectivity index is 1.86. The van der Waals surface area contributed by atoms with Gasteiger partial charge >= 0.3 is 6.09 Å². The van der Waals surface area contributed by atoms with Gasteiger partial charge in [0.1, 0.15) is 0 Å². The maximum atomic E-state index is 12.3. The van der Waals surface area contributed by atoms with Gasteiger partial charge in [0, 0.05) is 5.69 Å². The van der Waals surface area contributed by atoms with Gasteiger partial charge in [-0.3, -0.25) is 19.8 Å². The van der Waals surface area contributed by atoms with E-state index in [0.29, 0.717) is 12.2 Å². The summed E-state index contributed by atoms with van der Waals surface area (Å²) in [6, 6.07) is 17.5. The molecule has 0 saturated heterocycles. The van der Waals surface area contributed by atoms with Crippen LogP contribution in [-0.2, 0) is 14.3 Å². The van der Waals surface area contributed by atoms with E-state index >= 15 is 0 Å². The van der Waals surface area contributed by atoms with E-state index in [9.17, 15) is 14.4 Å². The van der Waals surface area contributed by atoms with Crippen LogP contribution in [0.15, 0.2) is 54.6 Å². The zero-order valence-electron chi connectivity index (χ0n) is 16.1. The first-order valence-corrected chi connectivity index (χ1v) is 9.16. The topological polar surface area (TPSA) is 87.7 Å². The molecular weight excluding hydrogens is 358 g/mol. The van der Waals surface area contributed by atoms with E-state index in [0.717, 1.165) is 11.1 Å². The molecule has 7 nitrogen and oxygen atoms in total. The highest BCUT2D eigenvalue weighted by Crippen LogP contribution is 2.20. The molecule has 0 aliphatic heterocycles. The van der Waals surface area contributed by atoms with E-state index in [1.54, 1.807) is 11.8 Å². The van der Waals surface area contributed by atoms with Gasteiger partial charge in [0.05, 0.1) is 19.7 Å². The van der Waals surface area contributed by atoms with Gasteiger partial charge in [-0.2, -0.15) is 0 Å². The predicted molar refractivity (Wildman–Crippen MR) is 108 cm³/mol. The molecule has 0 spiro atoms. The number of benzene rings is 2. The minimum absolute atomic E-state index is 0.0349. The third-order valence-corrected chi connectivity index (χ3v) is 3.97. The van der Waals surface area contributed by atoms with Crippen LogP contribution in [-0.4, -0.2) is 49.0 Å². The lowest BCUT2D eigenvalue weighted by molar-refractivity contribution is -0.122. The van der Waals surface area contributed by atoms with Crippen molar-refractivity contribution in [3.63, 3.8) is 0 Å². The van der Waals surface area contributed by atoms with Crippen molar-refractivity contribution in [3.05, 3.63) is 54.6 Å². The summed E-state index contributed by atoms with van der Waals surface area (Å²) in [5.41, 5.74) is 2.84. The van der Waals surface area contributed by atoms with Crippen molar-refractivity contribution in [1.82, 2.24) is 10.2 Å². The van der Waals surface area contributed by atoms with E-state index in [4.69, 9.17) is 0 Å². The molecule has 0 unspecified atom stereocenters. The standard InChI is InChI=1S/C21H25N3O4/c1-3-24(15-20(26)23-21(27)28-4-2)14-19(25)22-18-12-10-17(11-13-18)16-8-6-5-7-9-16/h5-13H,3-4,14-15H2,1-2H3,(H,22,25)(H,23,26,27). The van der Waals surface area contributed by atoms with Crippen molar-refractivity contribution >= 4 is 23.6 Å². The number of rotatable bonds is 8. The minimum atomic E-state index is -0.786. The number of likely N-dealkylation sites (N-methyl/N-ethyl adjacent to an activating group) is 1. The highest BCUT2D eigenvalue weighted by Gasteiger charge is 2.15. The lowest BCUT2D eigenvalue weighted by Crippen LogP contribution is -2.43. The van der Waals surface area contributed by atoms with Gasteiger partial charge in [0.15, 0.2) is 0 Å².